The second kappa shape index (κ2) is 2.35. The van der Waals surface area contributed by atoms with Gasteiger partial charge in [-0.2, -0.15) is 0 Å². The lowest BCUT2D eigenvalue weighted by atomic mass is 10.3. The highest BCUT2D eigenvalue weighted by Crippen LogP contribution is 2.17. The molecule has 0 spiro atoms. The highest BCUT2D eigenvalue weighted by molar-refractivity contribution is 9.10. The Labute approximate surface area is 69.2 Å². The van der Waals surface area contributed by atoms with Gasteiger partial charge in [0.15, 0.2) is 0 Å². The van der Waals surface area contributed by atoms with E-state index in [-0.39, 0.29) is 28.1 Å². The van der Waals surface area contributed by atoms with Crippen LogP contribution in [-0.4, -0.2) is 4.98 Å². The summed E-state index contributed by atoms with van der Waals surface area (Å²) in [6.07, 6.45) is -0.345. The fourth-order valence-electron chi connectivity index (χ4n) is 0.367. The number of nitrogens with zero attached hydrogens (tertiary/aromatic N) is 1. The van der Waals surface area contributed by atoms with E-state index in [0.717, 1.165) is 0 Å². The van der Waals surface area contributed by atoms with Crippen LogP contribution >= 0.6 is 15.9 Å². The van der Waals surface area contributed by atoms with Crippen molar-refractivity contribution in [2.24, 2.45) is 0 Å². The van der Waals surface area contributed by atoms with Crippen molar-refractivity contribution in [1.82, 2.24) is 4.98 Å². The molecule has 0 aliphatic rings. The number of halogens is 1. The maximum atomic E-state index is 7.32. The van der Waals surface area contributed by atoms with Crippen molar-refractivity contribution in [1.29, 1.82) is 0 Å². The van der Waals surface area contributed by atoms with E-state index in [1.165, 1.54) is 0 Å². The molecule has 0 bridgehead atoms. The zero-order valence-electron chi connectivity index (χ0n) is 9.40. The van der Waals surface area contributed by atoms with Gasteiger partial charge in [-0.05, 0) is 28.8 Å². The van der Waals surface area contributed by atoms with Gasteiger partial charge in [0.25, 0.3) is 0 Å². The molecule has 2 N–H and O–H groups in total. The summed E-state index contributed by atoms with van der Waals surface area (Å²) >= 11 is 2.91. The summed E-state index contributed by atoms with van der Waals surface area (Å²) < 4.78 is 36.0. The molecule has 0 aromatic carbocycles. The van der Waals surface area contributed by atoms with E-state index in [9.17, 15) is 0 Å². The van der Waals surface area contributed by atoms with Gasteiger partial charge in [0.2, 0.25) is 0 Å². The van der Waals surface area contributed by atoms with Gasteiger partial charge < -0.3 is 5.73 Å². The standard InChI is InChI=1S/C6H7BrN2/c1-4-5(8)2-3-9-6(4)7/h2-3H,1H3,(H2,8,9)/i1D3,2D,3D. The second-order valence-corrected chi connectivity index (χ2v) is 2.18. The lowest BCUT2D eigenvalue weighted by Gasteiger charge is -1.98. The topological polar surface area (TPSA) is 38.9 Å². The SMILES string of the molecule is [2H]c1nc(Br)c(C([2H])([2H])[2H])c(N)c1[2H]. The highest BCUT2D eigenvalue weighted by Gasteiger charge is 1.95. The number of hydrogen-bond donors (Lipinski definition) is 1. The lowest BCUT2D eigenvalue weighted by molar-refractivity contribution is 1.22. The van der Waals surface area contributed by atoms with Crippen LogP contribution in [0.1, 0.15) is 12.4 Å². The fraction of sp³-hybridized carbons (Fsp3) is 0.167. The van der Waals surface area contributed by atoms with Gasteiger partial charge in [-0.25, -0.2) is 4.98 Å². The molecule has 9 heavy (non-hydrogen) atoms. The van der Waals surface area contributed by atoms with E-state index < -0.39 is 6.85 Å². The number of hydrogen-bond acceptors (Lipinski definition) is 2. The van der Waals surface area contributed by atoms with E-state index >= 15 is 0 Å². The summed E-state index contributed by atoms with van der Waals surface area (Å²) in [6.45, 7) is -2.43. The second-order valence-electron chi connectivity index (χ2n) is 1.43. The Hall–Kier alpha value is -0.570. The summed E-state index contributed by atoms with van der Waals surface area (Å²) in [5.41, 5.74) is 5.00. The number of nitrogens with two attached hydrogens (primary N) is 1. The van der Waals surface area contributed by atoms with Crippen LogP contribution in [0.4, 0.5) is 5.69 Å². The third-order valence-electron chi connectivity index (χ3n) is 0.820. The number of aromatic nitrogens is 1. The van der Waals surface area contributed by atoms with Crippen LogP contribution in [0.5, 0.6) is 0 Å². The Balaban J connectivity index is 3.53. The van der Waals surface area contributed by atoms with Crippen LogP contribution in [0.2, 0.25) is 0 Å². The van der Waals surface area contributed by atoms with Gasteiger partial charge in [0, 0.05) is 21.5 Å². The first kappa shape index (κ1) is 2.58. The molecule has 0 atom stereocenters. The quantitative estimate of drug-likeness (QED) is 0.635. The Kier molecular flexibility index (Phi) is 0.674. The number of pyridine rings is 1. The van der Waals surface area contributed by atoms with Gasteiger partial charge in [-0.3, -0.25) is 0 Å². The van der Waals surface area contributed by atoms with Gasteiger partial charge in [0.05, 0.1) is 2.74 Å². The van der Waals surface area contributed by atoms with Crippen molar-refractivity contribution in [3.8, 4) is 0 Å². The molecule has 0 saturated carbocycles. The summed E-state index contributed by atoms with van der Waals surface area (Å²) in [7, 11) is 0. The average molecular weight is 192 g/mol. The first-order valence-corrected chi connectivity index (χ1v) is 2.97. The molecule has 1 rings (SSSR count). The number of nitrogen functional groups attached to an aromatic ring is 1. The monoisotopic (exact) mass is 191 g/mol. The zero-order valence-corrected chi connectivity index (χ0v) is 5.99. The molecule has 0 amide bonds. The van der Waals surface area contributed by atoms with E-state index in [0.29, 0.717) is 0 Å². The Morgan fingerprint density at radius 1 is 2.00 bits per heavy atom. The van der Waals surface area contributed by atoms with Crippen molar-refractivity contribution in [3.05, 3.63) is 22.4 Å². The molecule has 2 nitrogen and oxygen atoms in total. The van der Waals surface area contributed by atoms with E-state index in [4.69, 9.17) is 12.6 Å². The zero-order chi connectivity index (χ0) is 11.1. The molecule has 0 aliphatic heterocycles. The molecule has 1 aromatic heterocycles. The third-order valence-corrected chi connectivity index (χ3v) is 1.39. The minimum Gasteiger partial charge on any atom is -0.398 e. The molecule has 1 heterocycles. The molecule has 0 fully saturated rings. The Bertz CT molecular complexity index is 375. The smallest absolute Gasteiger partial charge is 0.111 e. The minimum absolute atomic E-state index is 0.00370. The van der Waals surface area contributed by atoms with Crippen LogP contribution in [-0.2, 0) is 0 Å². The van der Waals surface area contributed by atoms with E-state index in [2.05, 4.69) is 20.9 Å². The van der Waals surface area contributed by atoms with Crippen molar-refractivity contribution in [2.45, 2.75) is 6.85 Å². The maximum absolute atomic E-state index is 7.32. The van der Waals surface area contributed by atoms with Crippen molar-refractivity contribution < 1.29 is 6.85 Å². The average Bonchev–Trinajstić information content (AvgIpc) is 1.97. The first-order valence-electron chi connectivity index (χ1n) is 4.67. The Morgan fingerprint density at radius 2 is 2.78 bits per heavy atom. The minimum atomic E-state index is -2.43. The summed E-state index contributed by atoms with van der Waals surface area (Å²) in [6, 6.07) is -0.362. The van der Waals surface area contributed by atoms with Gasteiger partial charge in [-0.1, -0.05) is 0 Å². The molecular weight excluding hydrogens is 180 g/mol. The van der Waals surface area contributed by atoms with Crippen molar-refractivity contribution in [2.75, 3.05) is 5.73 Å². The molecule has 0 radical (unpaired) electrons. The lowest BCUT2D eigenvalue weighted by Crippen LogP contribution is -1.90. The predicted molar refractivity (Wildman–Crippen MR) is 41.1 cm³/mol. The largest absolute Gasteiger partial charge is 0.398 e. The molecular formula is C6H7BrN2. The number of rotatable bonds is 0. The summed E-state index contributed by atoms with van der Waals surface area (Å²) in [4.78, 5) is 3.56. The molecule has 3 heteroatoms. The van der Waals surface area contributed by atoms with Gasteiger partial charge >= 0.3 is 0 Å². The van der Waals surface area contributed by atoms with Crippen LogP contribution in [0.25, 0.3) is 0 Å². The van der Waals surface area contributed by atoms with Gasteiger partial charge in [-0.15, -0.1) is 0 Å². The van der Waals surface area contributed by atoms with E-state index in [1.807, 2.05) is 0 Å². The maximum Gasteiger partial charge on any atom is 0.111 e. The molecule has 0 saturated heterocycles. The molecule has 0 unspecified atom stereocenters. The Morgan fingerprint density at radius 3 is 3.44 bits per heavy atom. The van der Waals surface area contributed by atoms with Crippen LogP contribution in [0, 0.1) is 6.85 Å². The van der Waals surface area contributed by atoms with Crippen molar-refractivity contribution >= 4 is 21.6 Å². The van der Waals surface area contributed by atoms with Crippen molar-refractivity contribution in [3.63, 3.8) is 0 Å². The highest BCUT2D eigenvalue weighted by atomic mass is 79.9. The van der Waals surface area contributed by atoms with Crippen LogP contribution in [0.15, 0.2) is 16.8 Å². The first-order chi connectivity index (χ1) is 6.25. The van der Waals surface area contributed by atoms with Crippen LogP contribution < -0.4 is 5.73 Å². The van der Waals surface area contributed by atoms with Gasteiger partial charge in [0.1, 0.15) is 4.60 Å². The van der Waals surface area contributed by atoms with E-state index in [1.54, 1.807) is 0 Å². The summed E-state index contributed by atoms with van der Waals surface area (Å²) in [5.74, 6) is 0. The summed E-state index contributed by atoms with van der Waals surface area (Å²) in [5, 5.41) is 0. The third kappa shape index (κ3) is 1.21. The normalized spacial score (nSPS) is 19.0. The number of anilines is 1. The fourth-order valence-corrected chi connectivity index (χ4v) is 0.669. The molecule has 0 aliphatic carbocycles. The molecule has 48 valence electrons. The van der Waals surface area contributed by atoms with Crippen LogP contribution in [0.3, 0.4) is 0 Å². The predicted octanol–water partition coefficient (Wildman–Crippen LogP) is 1.73. The molecule has 1 aromatic rings.